The van der Waals surface area contributed by atoms with Crippen molar-refractivity contribution < 1.29 is 10.0 Å². The van der Waals surface area contributed by atoms with E-state index in [-0.39, 0.29) is 0 Å². The number of likely N-dealkylation sites (tertiary alicyclic amines) is 1. The number of quaternary nitrogens is 1. The monoisotopic (exact) mass is 232 g/mol. The molecule has 1 saturated heterocycles. The smallest absolute Gasteiger partial charge is 0.103 e. The van der Waals surface area contributed by atoms with Crippen LogP contribution in [0.4, 0.5) is 0 Å². The number of hydrogen-bond donors (Lipinski definition) is 2. The van der Waals surface area contributed by atoms with Crippen LogP contribution in [-0.4, -0.2) is 23.8 Å². The SMILES string of the molecule is C=CCC1(O)CC[NH+](Cc2ccccc2)CC1. The van der Waals surface area contributed by atoms with Gasteiger partial charge in [0.05, 0.1) is 18.7 Å². The molecule has 1 fully saturated rings. The maximum Gasteiger partial charge on any atom is 0.103 e. The molecule has 1 aromatic carbocycles. The van der Waals surface area contributed by atoms with E-state index in [4.69, 9.17) is 0 Å². The summed E-state index contributed by atoms with van der Waals surface area (Å²) in [6.07, 6.45) is 4.34. The van der Waals surface area contributed by atoms with Crippen LogP contribution in [0.1, 0.15) is 24.8 Å². The Hall–Kier alpha value is -1.12. The fraction of sp³-hybridized carbons (Fsp3) is 0.467. The molecule has 1 heterocycles. The molecule has 17 heavy (non-hydrogen) atoms. The lowest BCUT2D eigenvalue weighted by atomic mass is 9.88. The van der Waals surface area contributed by atoms with Gasteiger partial charge in [0.1, 0.15) is 6.54 Å². The summed E-state index contributed by atoms with van der Waals surface area (Å²) in [5.74, 6) is 0. The molecule has 1 aromatic rings. The van der Waals surface area contributed by atoms with Crippen LogP contribution in [0.2, 0.25) is 0 Å². The molecule has 0 saturated carbocycles. The molecule has 0 aliphatic carbocycles. The third-order valence-corrected chi connectivity index (χ3v) is 3.71. The Labute approximate surface area is 104 Å². The average Bonchev–Trinajstić information content (AvgIpc) is 2.34. The Morgan fingerprint density at radius 3 is 2.47 bits per heavy atom. The van der Waals surface area contributed by atoms with Crippen molar-refractivity contribution in [2.45, 2.75) is 31.4 Å². The summed E-state index contributed by atoms with van der Waals surface area (Å²) < 4.78 is 0. The van der Waals surface area contributed by atoms with E-state index in [1.165, 1.54) is 5.56 Å². The predicted octanol–water partition coefficient (Wildman–Crippen LogP) is 1.17. The minimum atomic E-state index is -0.484. The van der Waals surface area contributed by atoms with Gasteiger partial charge in [-0.05, 0) is 6.42 Å². The van der Waals surface area contributed by atoms with Crippen molar-refractivity contribution in [2.75, 3.05) is 13.1 Å². The molecule has 0 atom stereocenters. The van der Waals surface area contributed by atoms with Crippen LogP contribution in [0.3, 0.4) is 0 Å². The molecule has 1 aliphatic heterocycles. The third-order valence-electron chi connectivity index (χ3n) is 3.71. The van der Waals surface area contributed by atoms with Crippen LogP contribution in [0.25, 0.3) is 0 Å². The fourth-order valence-corrected chi connectivity index (χ4v) is 2.60. The van der Waals surface area contributed by atoms with Crippen molar-refractivity contribution in [2.24, 2.45) is 0 Å². The van der Waals surface area contributed by atoms with Crippen molar-refractivity contribution in [3.05, 3.63) is 48.6 Å². The molecule has 2 N–H and O–H groups in total. The molecule has 2 heteroatoms. The van der Waals surface area contributed by atoms with Gasteiger partial charge in [-0.1, -0.05) is 36.4 Å². The molecule has 0 amide bonds. The number of piperidine rings is 1. The lowest BCUT2D eigenvalue weighted by molar-refractivity contribution is -0.921. The second-order valence-corrected chi connectivity index (χ2v) is 5.13. The van der Waals surface area contributed by atoms with E-state index in [1.807, 2.05) is 6.08 Å². The second kappa shape index (κ2) is 5.48. The van der Waals surface area contributed by atoms with Crippen LogP contribution in [0.15, 0.2) is 43.0 Å². The van der Waals surface area contributed by atoms with E-state index < -0.39 is 5.60 Å². The normalized spacial score (nSPS) is 28.9. The van der Waals surface area contributed by atoms with Gasteiger partial charge in [0.15, 0.2) is 0 Å². The van der Waals surface area contributed by atoms with Crippen molar-refractivity contribution in [3.8, 4) is 0 Å². The lowest BCUT2D eigenvalue weighted by Gasteiger charge is -2.35. The van der Waals surface area contributed by atoms with Gasteiger partial charge in [-0.3, -0.25) is 0 Å². The Morgan fingerprint density at radius 2 is 1.88 bits per heavy atom. The first kappa shape index (κ1) is 12.3. The van der Waals surface area contributed by atoms with Gasteiger partial charge in [0, 0.05) is 18.4 Å². The number of nitrogens with one attached hydrogen (secondary N) is 1. The van der Waals surface area contributed by atoms with Crippen molar-refractivity contribution in [1.82, 2.24) is 0 Å². The summed E-state index contributed by atoms with van der Waals surface area (Å²) in [5, 5.41) is 10.3. The largest absolute Gasteiger partial charge is 0.389 e. The highest BCUT2D eigenvalue weighted by molar-refractivity contribution is 5.13. The summed E-state index contributed by atoms with van der Waals surface area (Å²) in [6, 6.07) is 10.6. The van der Waals surface area contributed by atoms with Gasteiger partial charge in [-0.25, -0.2) is 0 Å². The fourth-order valence-electron chi connectivity index (χ4n) is 2.60. The van der Waals surface area contributed by atoms with Crippen LogP contribution in [0, 0.1) is 0 Å². The molecule has 0 spiro atoms. The first-order chi connectivity index (χ1) is 8.22. The van der Waals surface area contributed by atoms with E-state index in [9.17, 15) is 5.11 Å². The van der Waals surface area contributed by atoms with Gasteiger partial charge in [0.2, 0.25) is 0 Å². The van der Waals surface area contributed by atoms with Gasteiger partial charge in [-0.15, -0.1) is 6.58 Å². The number of rotatable bonds is 4. The lowest BCUT2D eigenvalue weighted by Crippen LogP contribution is -3.12. The van der Waals surface area contributed by atoms with Crippen LogP contribution in [0.5, 0.6) is 0 Å². The number of hydrogen-bond acceptors (Lipinski definition) is 1. The maximum atomic E-state index is 10.3. The zero-order valence-corrected chi connectivity index (χ0v) is 10.4. The molecular formula is C15H22NO+. The Kier molecular flexibility index (Phi) is 3.97. The third kappa shape index (κ3) is 3.42. The predicted molar refractivity (Wildman–Crippen MR) is 69.8 cm³/mol. The van der Waals surface area contributed by atoms with E-state index >= 15 is 0 Å². The van der Waals surface area contributed by atoms with E-state index in [0.29, 0.717) is 0 Å². The summed E-state index contributed by atoms with van der Waals surface area (Å²) in [4.78, 5) is 1.57. The topological polar surface area (TPSA) is 24.7 Å². The number of aliphatic hydroxyl groups is 1. The van der Waals surface area contributed by atoms with Crippen LogP contribution in [-0.2, 0) is 6.54 Å². The van der Waals surface area contributed by atoms with E-state index in [2.05, 4.69) is 36.9 Å². The van der Waals surface area contributed by atoms with Gasteiger partial charge < -0.3 is 10.0 Å². The molecule has 0 aromatic heterocycles. The van der Waals surface area contributed by atoms with Crippen LogP contribution < -0.4 is 4.90 Å². The molecule has 2 nitrogen and oxygen atoms in total. The zero-order valence-electron chi connectivity index (χ0n) is 10.4. The Balaban J connectivity index is 1.85. The molecule has 0 unspecified atom stereocenters. The van der Waals surface area contributed by atoms with E-state index in [1.54, 1.807) is 4.90 Å². The summed E-state index contributed by atoms with van der Waals surface area (Å²) in [7, 11) is 0. The average molecular weight is 232 g/mol. The highest BCUT2D eigenvalue weighted by atomic mass is 16.3. The first-order valence-corrected chi connectivity index (χ1v) is 6.43. The highest BCUT2D eigenvalue weighted by Crippen LogP contribution is 2.20. The summed E-state index contributed by atoms with van der Waals surface area (Å²) in [5.41, 5.74) is 0.902. The first-order valence-electron chi connectivity index (χ1n) is 6.43. The quantitative estimate of drug-likeness (QED) is 0.749. The molecular weight excluding hydrogens is 210 g/mol. The maximum absolute atomic E-state index is 10.3. The second-order valence-electron chi connectivity index (χ2n) is 5.13. The van der Waals surface area contributed by atoms with Gasteiger partial charge >= 0.3 is 0 Å². The van der Waals surface area contributed by atoms with Gasteiger partial charge in [0.25, 0.3) is 0 Å². The number of benzene rings is 1. The molecule has 0 radical (unpaired) electrons. The Morgan fingerprint density at radius 1 is 1.24 bits per heavy atom. The van der Waals surface area contributed by atoms with E-state index in [0.717, 1.165) is 38.9 Å². The zero-order chi connectivity index (χ0) is 12.1. The van der Waals surface area contributed by atoms with Gasteiger partial charge in [-0.2, -0.15) is 0 Å². The summed E-state index contributed by atoms with van der Waals surface area (Å²) >= 11 is 0. The molecule has 1 aliphatic rings. The molecule has 92 valence electrons. The minimum absolute atomic E-state index is 0.484. The van der Waals surface area contributed by atoms with Crippen LogP contribution >= 0.6 is 0 Å². The summed E-state index contributed by atoms with van der Waals surface area (Å²) in [6.45, 7) is 6.90. The standard InChI is InChI=1S/C15H21NO/c1-2-8-15(17)9-11-16(12-10-15)13-14-6-4-3-5-7-14/h2-7,17H,1,8-13H2/p+1. The molecule has 2 rings (SSSR count). The van der Waals surface area contributed by atoms with Crippen molar-refractivity contribution >= 4 is 0 Å². The highest BCUT2D eigenvalue weighted by Gasteiger charge is 2.33. The molecule has 0 bridgehead atoms. The Bertz CT molecular complexity index is 352. The minimum Gasteiger partial charge on any atom is -0.389 e. The van der Waals surface area contributed by atoms with Crippen molar-refractivity contribution in [3.63, 3.8) is 0 Å². The van der Waals surface area contributed by atoms with Crippen molar-refractivity contribution in [1.29, 1.82) is 0 Å².